The molecule has 3 heterocycles. The van der Waals surface area contributed by atoms with Crippen molar-refractivity contribution in [2.24, 2.45) is 5.92 Å². The number of nitrogens with one attached hydrogen (secondary N) is 4. The number of hydrogen-bond acceptors (Lipinski definition) is 6. The van der Waals surface area contributed by atoms with Gasteiger partial charge in [0.05, 0.1) is 17.6 Å². The third kappa shape index (κ3) is 8.58. The van der Waals surface area contributed by atoms with Crippen LogP contribution in [0.4, 0.5) is 0 Å². The summed E-state index contributed by atoms with van der Waals surface area (Å²) in [6.45, 7) is 6.06. The second-order valence-electron chi connectivity index (χ2n) is 12.3. The number of nitrogens with zero attached hydrogens (tertiary/aromatic N) is 4. The van der Waals surface area contributed by atoms with Crippen molar-refractivity contribution in [1.29, 1.82) is 0 Å². The molecule has 13 nitrogen and oxygen atoms in total. The van der Waals surface area contributed by atoms with E-state index in [2.05, 4.69) is 26.0 Å². The Labute approximate surface area is 279 Å². The summed E-state index contributed by atoms with van der Waals surface area (Å²) in [4.78, 5) is 70.4. The fraction of sp³-hybridized carbons (Fsp3) is 0.429. The smallest absolute Gasteiger partial charge is 0.326 e. The topological polar surface area (TPSA) is 163 Å². The highest BCUT2D eigenvalue weighted by Gasteiger charge is 2.26. The summed E-state index contributed by atoms with van der Waals surface area (Å²) in [5, 5.41) is 13.0. The lowest BCUT2D eigenvalue weighted by molar-refractivity contribution is -0.130. The Hall–Kier alpha value is -5.20. The van der Waals surface area contributed by atoms with Gasteiger partial charge in [-0.25, -0.2) is 4.79 Å². The molecule has 2 aromatic carbocycles. The second kappa shape index (κ2) is 16.1. The molecular formula is C35H44N8O5. The maximum absolute atomic E-state index is 13.8. The van der Waals surface area contributed by atoms with Crippen LogP contribution in [0.15, 0.2) is 65.7 Å². The quantitative estimate of drug-likeness (QED) is 0.258. The number of benzene rings is 2. The number of aromatic amines is 1. The standard InChI is InChI=1S/C35H44N8O5/c1-3-24(2)31-33(46)37-15-7-20-43-29-22-26(12-13-28(29)39-35(43)48)32(45)36-14-6-18-41(17-5-11-30(44)40-31)34(47)27-10-4-9-25(21-27)23-42-19-8-16-38-42/h4,8-10,12-13,16,19,21-22,24,31H,3,5-7,11,14-15,17-18,20,23H2,1-2H3,(H,36,45)(H,37,46)(H,39,48)(H,40,44)/t24-,31-/m0/s1. The van der Waals surface area contributed by atoms with E-state index in [9.17, 15) is 24.0 Å². The molecular weight excluding hydrogens is 612 g/mol. The highest BCUT2D eigenvalue weighted by atomic mass is 16.2. The Bertz CT molecular complexity index is 1790. The molecule has 2 atom stereocenters. The van der Waals surface area contributed by atoms with Gasteiger partial charge in [0.25, 0.3) is 11.8 Å². The van der Waals surface area contributed by atoms with E-state index in [1.807, 2.05) is 44.3 Å². The Morgan fingerprint density at radius 1 is 0.958 bits per heavy atom. The van der Waals surface area contributed by atoms with Gasteiger partial charge in [0.15, 0.2) is 0 Å². The van der Waals surface area contributed by atoms with Crippen LogP contribution < -0.4 is 21.6 Å². The van der Waals surface area contributed by atoms with Gasteiger partial charge in [-0.05, 0) is 67.1 Å². The van der Waals surface area contributed by atoms with Crippen molar-refractivity contribution in [2.45, 2.75) is 65.1 Å². The number of carbonyl (C=O) groups excluding carboxylic acids is 4. The SMILES string of the molecule is CC[C@H](C)[C@@H]1NC(=O)CCCN(C(=O)c2cccc(Cn3cccn3)c2)CCCNC(=O)c2ccc3[nH]c(=O)n(c3c2)CCCNC1=O. The highest BCUT2D eigenvalue weighted by molar-refractivity contribution is 5.97. The lowest BCUT2D eigenvalue weighted by Gasteiger charge is -2.25. The molecule has 0 unspecified atom stereocenters. The number of amides is 4. The first-order chi connectivity index (χ1) is 23.2. The predicted octanol–water partition coefficient (Wildman–Crippen LogP) is 2.67. The summed E-state index contributed by atoms with van der Waals surface area (Å²) in [5.74, 6) is -1.09. The molecule has 1 aliphatic rings. The number of carbonyl (C=O) groups is 4. The average molecular weight is 657 g/mol. The Kier molecular flexibility index (Phi) is 11.4. The molecule has 4 aromatic rings. The van der Waals surface area contributed by atoms with Gasteiger partial charge in [0.2, 0.25) is 11.8 Å². The zero-order valence-electron chi connectivity index (χ0n) is 27.5. The number of fused-ring (bicyclic) bond motifs is 1. The van der Waals surface area contributed by atoms with Crippen LogP contribution in [-0.4, -0.2) is 80.1 Å². The lowest BCUT2D eigenvalue weighted by Crippen LogP contribution is -2.50. The van der Waals surface area contributed by atoms with E-state index in [1.54, 1.807) is 44.6 Å². The maximum atomic E-state index is 13.8. The van der Waals surface area contributed by atoms with Crippen LogP contribution in [-0.2, 0) is 22.7 Å². The first-order valence-corrected chi connectivity index (χ1v) is 16.7. The molecule has 0 saturated heterocycles. The van der Waals surface area contributed by atoms with E-state index in [0.717, 1.165) is 5.56 Å². The van der Waals surface area contributed by atoms with Gasteiger partial charge in [0, 0.05) is 62.7 Å². The van der Waals surface area contributed by atoms with Gasteiger partial charge in [-0.15, -0.1) is 0 Å². The number of aryl methyl sites for hydroxylation is 1. The van der Waals surface area contributed by atoms with Crippen molar-refractivity contribution >= 4 is 34.7 Å². The maximum Gasteiger partial charge on any atom is 0.326 e. The van der Waals surface area contributed by atoms with E-state index in [-0.39, 0.29) is 41.7 Å². The molecule has 254 valence electrons. The summed E-state index contributed by atoms with van der Waals surface area (Å²) in [7, 11) is 0. The summed E-state index contributed by atoms with van der Waals surface area (Å²) < 4.78 is 3.34. The largest absolute Gasteiger partial charge is 0.354 e. The molecule has 4 N–H and O–H groups in total. The molecule has 2 aromatic heterocycles. The average Bonchev–Trinajstić information content (AvgIpc) is 3.71. The van der Waals surface area contributed by atoms with E-state index < -0.39 is 6.04 Å². The fourth-order valence-corrected chi connectivity index (χ4v) is 5.91. The van der Waals surface area contributed by atoms with Gasteiger partial charge in [-0.3, -0.25) is 28.4 Å². The summed E-state index contributed by atoms with van der Waals surface area (Å²) in [5.41, 5.74) is 2.78. The van der Waals surface area contributed by atoms with Crippen LogP contribution in [0.2, 0.25) is 0 Å². The first kappa shape index (κ1) is 34.1. The summed E-state index contributed by atoms with van der Waals surface area (Å²) in [6, 6.07) is 13.6. The number of rotatable bonds is 5. The number of imidazole rings is 1. The lowest BCUT2D eigenvalue weighted by atomic mass is 9.98. The Morgan fingerprint density at radius 2 is 1.75 bits per heavy atom. The molecule has 48 heavy (non-hydrogen) atoms. The van der Waals surface area contributed by atoms with E-state index in [0.29, 0.717) is 87.1 Å². The number of aromatic nitrogens is 4. The summed E-state index contributed by atoms with van der Waals surface area (Å²) >= 11 is 0. The minimum atomic E-state index is -0.706. The van der Waals surface area contributed by atoms with Gasteiger partial charge in [-0.1, -0.05) is 32.4 Å². The van der Waals surface area contributed by atoms with Crippen molar-refractivity contribution in [2.75, 3.05) is 26.2 Å². The second-order valence-corrected chi connectivity index (χ2v) is 12.3. The van der Waals surface area contributed by atoms with Crippen molar-refractivity contribution < 1.29 is 19.2 Å². The third-order valence-corrected chi connectivity index (χ3v) is 8.79. The van der Waals surface area contributed by atoms with Crippen molar-refractivity contribution in [3.8, 4) is 0 Å². The molecule has 0 aliphatic carbocycles. The Balaban J connectivity index is 1.35. The molecule has 0 fully saturated rings. The highest BCUT2D eigenvalue weighted by Crippen LogP contribution is 2.15. The minimum absolute atomic E-state index is 0.0950. The van der Waals surface area contributed by atoms with Crippen LogP contribution >= 0.6 is 0 Å². The molecule has 4 amide bonds. The number of hydrogen-bond donors (Lipinski definition) is 4. The normalized spacial score (nSPS) is 18.1. The van der Waals surface area contributed by atoms with Crippen molar-refractivity contribution in [1.82, 2.24) is 40.2 Å². The molecule has 5 rings (SSSR count). The van der Waals surface area contributed by atoms with Gasteiger partial charge < -0.3 is 25.8 Å². The monoisotopic (exact) mass is 656 g/mol. The predicted molar refractivity (Wildman–Crippen MR) is 181 cm³/mol. The van der Waals surface area contributed by atoms with Crippen LogP contribution in [0, 0.1) is 5.92 Å². The number of H-pyrrole nitrogens is 1. The third-order valence-electron chi connectivity index (χ3n) is 8.79. The molecule has 13 heteroatoms. The van der Waals surface area contributed by atoms with Gasteiger partial charge >= 0.3 is 5.69 Å². The molecule has 1 aliphatic heterocycles. The molecule has 0 saturated carbocycles. The van der Waals surface area contributed by atoms with Crippen LogP contribution in [0.1, 0.15) is 72.2 Å². The van der Waals surface area contributed by atoms with Crippen LogP contribution in [0.3, 0.4) is 0 Å². The van der Waals surface area contributed by atoms with Crippen LogP contribution in [0.5, 0.6) is 0 Å². The summed E-state index contributed by atoms with van der Waals surface area (Å²) in [6.07, 6.45) is 5.77. The zero-order valence-corrected chi connectivity index (χ0v) is 27.5. The van der Waals surface area contributed by atoms with E-state index in [4.69, 9.17) is 0 Å². The molecule has 2 bridgehead atoms. The van der Waals surface area contributed by atoms with Crippen molar-refractivity contribution in [3.63, 3.8) is 0 Å². The van der Waals surface area contributed by atoms with Crippen LogP contribution in [0.25, 0.3) is 11.0 Å². The Morgan fingerprint density at radius 3 is 2.54 bits per heavy atom. The van der Waals surface area contributed by atoms with Gasteiger partial charge in [0.1, 0.15) is 6.04 Å². The van der Waals surface area contributed by atoms with Gasteiger partial charge in [-0.2, -0.15) is 5.10 Å². The first-order valence-electron chi connectivity index (χ1n) is 16.7. The zero-order chi connectivity index (χ0) is 34.0. The van der Waals surface area contributed by atoms with E-state index in [1.165, 1.54) is 0 Å². The fourth-order valence-electron chi connectivity index (χ4n) is 5.91. The van der Waals surface area contributed by atoms with E-state index >= 15 is 0 Å². The van der Waals surface area contributed by atoms with Crippen molar-refractivity contribution in [3.05, 3.63) is 88.1 Å². The molecule has 0 spiro atoms. The molecule has 0 radical (unpaired) electrons. The minimum Gasteiger partial charge on any atom is -0.354 e.